The van der Waals surface area contributed by atoms with Gasteiger partial charge < -0.3 is 29.8 Å². The average molecular weight is 492 g/mol. The van der Waals surface area contributed by atoms with Gasteiger partial charge in [0.25, 0.3) is 0 Å². The number of hydrogen-bond acceptors (Lipinski definition) is 7. The van der Waals surface area contributed by atoms with Crippen molar-refractivity contribution in [1.82, 2.24) is 10.3 Å². The molecule has 0 fully saturated rings. The van der Waals surface area contributed by atoms with Crippen LogP contribution in [0.5, 0.6) is 5.75 Å². The summed E-state index contributed by atoms with van der Waals surface area (Å²) < 4.78 is 16.0. The van der Waals surface area contributed by atoms with Gasteiger partial charge in [0, 0.05) is 36.3 Å². The van der Waals surface area contributed by atoms with Crippen molar-refractivity contribution in [2.45, 2.75) is 32.7 Å². The summed E-state index contributed by atoms with van der Waals surface area (Å²) in [5, 5.41) is 17.1. The lowest BCUT2D eigenvalue weighted by Crippen LogP contribution is -2.26. The highest BCUT2D eigenvalue weighted by Gasteiger charge is 2.13. The quantitative estimate of drug-likeness (QED) is 0.319. The number of anilines is 2. The first kappa shape index (κ1) is 26.1. The van der Waals surface area contributed by atoms with Crippen LogP contribution in [-0.2, 0) is 11.3 Å². The maximum Gasteiger partial charge on any atom is 0.407 e. The van der Waals surface area contributed by atoms with Gasteiger partial charge >= 0.3 is 12.1 Å². The topological polar surface area (TPSA) is 139 Å². The van der Waals surface area contributed by atoms with Gasteiger partial charge in [-0.3, -0.25) is 0 Å². The lowest BCUT2D eigenvalue weighted by atomic mass is 10.0. The number of nitrogens with one attached hydrogen (secondary N) is 3. The molecule has 0 spiro atoms. The highest BCUT2D eigenvalue weighted by Crippen LogP contribution is 2.32. The van der Waals surface area contributed by atoms with E-state index in [9.17, 15) is 9.59 Å². The second kappa shape index (κ2) is 13.4. The fourth-order valence-electron chi connectivity index (χ4n) is 3.57. The molecular weight excluding hydrogens is 462 g/mol. The van der Waals surface area contributed by atoms with Crippen LogP contribution in [0.25, 0.3) is 11.3 Å². The maximum atomic E-state index is 12.5. The maximum absolute atomic E-state index is 12.5. The molecule has 0 saturated heterocycles. The summed E-state index contributed by atoms with van der Waals surface area (Å²) in [5.74, 6) is 1.12. The van der Waals surface area contributed by atoms with Gasteiger partial charge in [0.15, 0.2) is 12.2 Å². The molecule has 0 saturated carbocycles. The Bertz CT molecular complexity index is 1190. The van der Waals surface area contributed by atoms with Crippen molar-refractivity contribution in [2.24, 2.45) is 5.92 Å². The Kier molecular flexibility index (Phi) is 9.70. The molecule has 0 aliphatic rings. The molecule has 0 aliphatic carbocycles. The van der Waals surface area contributed by atoms with E-state index in [2.05, 4.69) is 27.0 Å². The summed E-state index contributed by atoms with van der Waals surface area (Å²) in [6, 6.07) is 14.0. The number of hydrogen-bond donors (Lipinski definition) is 3. The highest BCUT2D eigenvalue weighted by atomic mass is 16.5. The van der Waals surface area contributed by atoms with Crippen LogP contribution in [0.15, 0.2) is 59.5 Å². The van der Waals surface area contributed by atoms with Gasteiger partial charge in [-0.2, -0.15) is 5.26 Å². The number of oxazole rings is 1. The Labute approximate surface area is 209 Å². The van der Waals surface area contributed by atoms with E-state index in [1.165, 1.54) is 13.5 Å². The first-order valence-corrected chi connectivity index (χ1v) is 11.5. The van der Waals surface area contributed by atoms with Crippen molar-refractivity contribution in [2.75, 3.05) is 24.4 Å². The largest absolute Gasteiger partial charge is 0.496 e. The summed E-state index contributed by atoms with van der Waals surface area (Å²) in [7, 11) is 1.53. The summed E-state index contributed by atoms with van der Waals surface area (Å²) in [6.45, 7) is 2.46. The molecule has 0 aliphatic heterocycles. The third kappa shape index (κ3) is 7.77. The number of amides is 3. The summed E-state index contributed by atoms with van der Waals surface area (Å²) in [6.07, 6.45) is 4.47. The first-order chi connectivity index (χ1) is 17.5. The van der Waals surface area contributed by atoms with Crippen molar-refractivity contribution in [1.29, 1.82) is 5.26 Å². The third-order valence-corrected chi connectivity index (χ3v) is 5.31. The van der Waals surface area contributed by atoms with Crippen LogP contribution in [0, 0.1) is 17.2 Å². The Hall–Kier alpha value is -4.52. The van der Waals surface area contributed by atoms with Crippen LogP contribution < -0.4 is 20.7 Å². The third-order valence-electron chi connectivity index (χ3n) is 5.31. The number of nitrogens with zero attached hydrogens (tertiary/aromatic N) is 2. The molecule has 3 amide bonds. The van der Waals surface area contributed by atoms with E-state index < -0.39 is 12.1 Å². The first-order valence-electron chi connectivity index (χ1n) is 11.5. The number of rotatable bonds is 11. The Morgan fingerprint density at radius 3 is 2.67 bits per heavy atom. The molecule has 1 aromatic heterocycles. The van der Waals surface area contributed by atoms with E-state index in [1.807, 2.05) is 13.0 Å². The predicted octanol–water partition coefficient (Wildman–Crippen LogP) is 5.55. The summed E-state index contributed by atoms with van der Waals surface area (Å²) >= 11 is 0. The summed E-state index contributed by atoms with van der Waals surface area (Å²) in [4.78, 5) is 28.5. The molecular formula is C26H29N5O5. The molecule has 1 heterocycles. The zero-order chi connectivity index (χ0) is 25.8. The molecule has 10 nitrogen and oxygen atoms in total. The van der Waals surface area contributed by atoms with Gasteiger partial charge in [0.2, 0.25) is 0 Å². The molecule has 1 atom stereocenters. The molecule has 188 valence electrons. The molecule has 36 heavy (non-hydrogen) atoms. The zero-order valence-electron chi connectivity index (χ0n) is 20.2. The van der Waals surface area contributed by atoms with E-state index in [4.69, 9.17) is 19.2 Å². The van der Waals surface area contributed by atoms with Crippen molar-refractivity contribution in [3.63, 3.8) is 0 Å². The number of ether oxygens (including phenoxy) is 2. The Morgan fingerprint density at radius 1 is 1.17 bits per heavy atom. The molecule has 2 aromatic carbocycles. The molecule has 3 aromatic rings. The number of carbonyl (C=O) groups is 2. The number of aromatic nitrogens is 1. The number of alkyl carbamates (subject to hydrolysis) is 1. The standard InChI is InChI=1S/C26H29N5O5/c1-3-5-18(10-11-27)16-35-26(33)29-14-19-6-4-7-20(12-19)30-25(32)31-21-8-9-22(23(13-21)34-2)24-15-28-17-36-24/h4,6-9,12-13,15,17-18H,3,5,10,14,16H2,1-2H3,(H,29,33)(H2,30,31,32). The van der Waals surface area contributed by atoms with Gasteiger partial charge in [-0.25, -0.2) is 14.6 Å². The van der Waals surface area contributed by atoms with Crippen LogP contribution in [0.1, 0.15) is 31.7 Å². The zero-order valence-corrected chi connectivity index (χ0v) is 20.2. The van der Waals surface area contributed by atoms with Gasteiger partial charge in [0.05, 0.1) is 31.5 Å². The van der Waals surface area contributed by atoms with E-state index >= 15 is 0 Å². The van der Waals surface area contributed by atoms with Gasteiger partial charge in [-0.15, -0.1) is 0 Å². The minimum atomic E-state index is -0.548. The minimum absolute atomic E-state index is 0.0371. The number of urea groups is 1. The van der Waals surface area contributed by atoms with Crippen LogP contribution >= 0.6 is 0 Å². The van der Waals surface area contributed by atoms with E-state index in [0.717, 1.165) is 18.4 Å². The second-order valence-corrected chi connectivity index (χ2v) is 8.03. The molecule has 3 N–H and O–H groups in total. The van der Waals surface area contributed by atoms with Gasteiger partial charge in [-0.1, -0.05) is 25.5 Å². The van der Waals surface area contributed by atoms with Crippen molar-refractivity contribution < 1.29 is 23.5 Å². The molecule has 1 unspecified atom stereocenters. The second-order valence-electron chi connectivity index (χ2n) is 8.03. The smallest absolute Gasteiger partial charge is 0.407 e. The predicted molar refractivity (Wildman–Crippen MR) is 134 cm³/mol. The number of carbonyl (C=O) groups excluding carboxylic acids is 2. The van der Waals surface area contributed by atoms with Crippen molar-refractivity contribution in [3.8, 4) is 23.1 Å². The number of nitriles is 1. The van der Waals surface area contributed by atoms with Crippen LogP contribution in [0.3, 0.4) is 0 Å². The fraction of sp³-hybridized carbons (Fsp3) is 0.308. The minimum Gasteiger partial charge on any atom is -0.496 e. The highest BCUT2D eigenvalue weighted by molar-refractivity contribution is 6.00. The molecule has 0 radical (unpaired) electrons. The van der Waals surface area contributed by atoms with Crippen molar-refractivity contribution in [3.05, 3.63) is 60.6 Å². The van der Waals surface area contributed by atoms with Crippen molar-refractivity contribution >= 4 is 23.5 Å². The number of benzene rings is 2. The fourth-order valence-corrected chi connectivity index (χ4v) is 3.57. The SMILES string of the molecule is CCCC(CC#N)COC(=O)NCc1cccc(NC(=O)Nc2ccc(-c3cnco3)c(OC)c2)c1. The summed E-state index contributed by atoms with van der Waals surface area (Å²) in [5.41, 5.74) is 2.59. The van der Waals surface area contributed by atoms with E-state index in [0.29, 0.717) is 34.9 Å². The Balaban J connectivity index is 1.51. The lowest BCUT2D eigenvalue weighted by Gasteiger charge is -2.14. The molecule has 10 heteroatoms. The number of methoxy groups -OCH3 is 1. The van der Waals surface area contributed by atoms with Crippen LogP contribution in [-0.4, -0.2) is 30.8 Å². The van der Waals surface area contributed by atoms with Gasteiger partial charge in [-0.05, 0) is 36.2 Å². The Morgan fingerprint density at radius 2 is 1.97 bits per heavy atom. The normalized spacial score (nSPS) is 11.1. The lowest BCUT2D eigenvalue weighted by molar-refractivity contribution is 0.124. The van der Waals surface area contributed by atoms with Crippen LogP contribution in [0.4, 0.5) is 21.0 Å². The van der Waals surface area contributed by atoms with Gasteiger partial charge in [0.1, 0.15) is 5.75 Å². The monoisotopic (exact) mass is 491 g/mol. The average Bonchev–Trinajstić information content (AvgIpc) is 3.41. The molecule has 3 rings (SSSR count). The van der Waals surface area contributed by atoms with E-state index in [-0.39, 0.29) is 19.1 Å². The van der Waals surface area contributed by atoms with E-state index in [1.54, 1.807) is 42.6 Å². The molecule has 0 bridgehead atoms. The van der Waals surface area contributed by atoms with Crippen LogP contribution in [0.2, 0.25) is 0 Å².